The van der Waals surface area contributed by atoms with Crippen LogP contribution < -0.4 is 16.2 Å². The number of nitrogens with one attached hydrogen (secondary N) is 2. The number of amides is 2. The summed E-state index contributed by atoms with van der Waals surface area (Å²) in [5.41, 5.74) is 0.509. The van der Waals surface area contributed by atoms with Gasteiger partial charge >= 0.3 is 0 Å². The molecule has 0 spiro atoms. The monoisotopic (exact) mass is 221 g/mol. The summed E-state index contributed by atoms with van der Waals surface area (Å²) in [5.74, 6) is -0.619. The molecule has 0 saturated carbocycles. The van der Waals surface area contributed by atoms with Crippen molar-refractivity contribution in [2.75, 3.05) is 5.32 Å². The van der Waals surface area contributed by atoms with Crippen LogP contribution in [0.2, 0.25) is 0 Å². The predicted octanol–water partition coefficient (Wildman–Crippen LogP) is -0.788. The second-order valence-electron chi connectivity index (χ2n) is 3.68. The van der Waals surface area contributed by atoms with Gasteiger partial charge in [0, 0.05) is 19.3 Å². The van der Waals surface area contributed by atoms with Crippen LogP contribution >= 0.6 is 0 Å². The second-order valence-corrected chi connectivity index (χ2v) is 3.68. The lowest BCUT2D eigenvalue weighted by Crippen LogP contribution is -2.30. The molecule has 6 heteroatoms. The van der Waals surface area contributed by atoms with Crippen LogP contribution in [0.3, 0.4) is 0 Å². The smallest absolute Gasteiger partial charge is 0.250 e. The van der Waals surface area contributed by atoms with E-state index in [-0.39, 0.29) is 23.8 Å². The van der Waals surface area contributed by atoms with Gasteiger partial charge in [0.15, 0.2) is 0 Å². The molecule has 1 saturated heterocycles. The Labute approximate surface area is 91.3 Å². The molecular weight excluding hydrogens is 210 g/mol. The SMILES string of the molecule is Cn1cc(NC2CC(=O)NC2=O)ccc1=O. The lowest BCUT2D eigenvalue weighted by atomic mass is 10.2. The van der Waals surface area contributed by atoms with Crippen molar-refractivity contribution in [2.45, 2.75) is 12.5 Å². The highest BCUT2D eigenvalue weighted by molar-refractivity contribution is 6.06. The third kappa shape index (κ3) is 1.95. The zero-order valence-electron chi connectivity index (χ0n) is 8.69. The zero-order valence-corrected chi connectivity index (χ0v) is 8.69. The molecule has 1 aliphatic heterocycles. The van der Waals surface area contributed by atoms with Crippen LogP contribution in [0.5, 0.6) is 0 Å². The van der Waals surface area contributed by atoms with Crippen molar-refractivity contribution in [2.24, 2.45) is 7.05 Å². The first-order valence-corrected chi connectivity index (χ1v) is 4.83. The van der Waals surface area contributed by atoms with Crippen LogP contribution in [-0.2, 0) is 16.6 Å². The molecule has 2 heterocycles. The third-order valence-electron chi connectivity index (χ3n) is 2.40. The van der Waals surface area contributed by atoms with Crippen LogP contribution in [0.1, 0.15) is 6.42 Å². The molecule has 1 atom stereocenters. The van der Waals surface area contributed by atoms with Gasteiger partial charge in [-0.1, -0.05) is 0 Å². The van der Waals surface area contributed by atoms with Crippen molar-refractivity contribution in [3.63, 3.8) is 0 Å². The van der Waals surface area contributed by atoms with E-state index in [0.29, 0.717) is 5.69 Å². The largest absolute Gasteiger partial charge is 0.372 e. The summed E-state index contributed by atoms with van der Waals surface area (Å²) < 4.78 is 1.40. The lowest BCUT2D eigenvalue weighted by Gasteiger charge is -2.11. The van der Waals surface area contributed by atoms with Crippen molar-refractivity contribution in [1.29, 1.82) is 0 Å². The van der Waals surface area contributed by atoms with Crippen molar-refractivity contribution in [3.8, 4) is 0 Å². The molecule has 2 N–H and O–H groups in total. The van der Waals surface area contributed by atoms with Crippen molar-refractivity contribution in [1.82, 2.24) is 9.88 Å². The van der Waals surface area contributed by atoms with E-state index in [9.17, 15) is 14.4 Å². The summed E-state index contributed by atoms with van der Waals surface area (Å²) in [6.45, 7) is 0. The Hall–Kier alpha value is -2.11. The lowest BCUT2D eigenvalue weighted by molar-refractivity contribution is -0.124. The minimum absolute atomic E-state index is 0.127. The molecule has 2 rings (SSSR count). The number of nitrogens with zero attached hydrogens (tertiary/aromatic N) is 1. The van der Waals surface area contributed by atoms with Crippen LogP contribution in [0, 0.1) is 0 Å². The molecule has 1 fully saturated rings. The molecule has 0 aromatic carbocycles. The van der Waals surface area contributed by atoms with Gasteiger partial charge in [-0.2, -0.15) is 0 Å². The Bertz CT molecular complexity index is 506. The highest BCUT2D eigenvalue weighted by Gasteiger charge is 2.30. The molecule has 1 aromatic heterocycles. The average molecular weight is 221 g/mol. The standard InChI is InChI=1S/C10H11N3O3/c1-13-5-6(2-3-9(13)15)11-7-4-8(14)12-10(7)16/h2-3,5,7,11H,4H2,1H3,(H,12,14,16). The molecule has 2 amide bonds. The van der Waals surface area contributed by atoms with Crippen LogP contribution in [0.25, 0.3) is 0 Å². The molecule has 1 aliphatic rings. The maximum Gasteiger partial charge on any atom is 0.250 e. The van der Waals surface area contributed by atoms with Gasteiger partial charge in [-0.25, -0.2) is 0 Å². The van der Waals surface area contributed by atoms with Gasteiger partial charge in [0.2, 0.25) is 17.4 Å². The van der Waals surface area contributed by atoms with Crippen LogP contribution in [-0.4, -0.2) is 22.4 Å². The molecule has 84 valence electrons. The highest BCUT2D eigenvalue weighted by atomic mass is 16.2. The second kappa shape index (κ2) is 3.80. The van der Waals surface area contributed by atoms with Crippen LogP contribution in [0.15, 0.2) is 23.1 Å². The quantitative estimate of drug-likeness (QED) is 0.641. The number of aromatic nitrogens is 1. The van der Waals surface area contributed by atoms with Gasteiger partial charge < -0.3 is 9.88 Å². The fourth-order valence-electron chi connectivity index (χ4n) is 1.55. The minimum Gasteiger partial charge on any atom is -0.372 e. The highest BCUT2D eigenvalue weighted by Crippen LogP contribution is 2.10. The summed E-state index contributed by atoms with van der Waals surface area (Å²) in [6.07, 6.45) is 1.71. The molecular formula is C10H11N3O3. The van der Waals surface area contributed by atoms with E-state index in [1.54, 1.807) is 19.3 Å². The number of aryl methyl sites for hydroxylation is 1. The van der Waals surface area contributed by atoms with Crippen molar-refractivity contribution in [3.05, 3.63) is 28.7 Å². The van der Waals surface area contributed by atoms with Gasteiger partial charge in [0.1, 0.15) is 6.04 Å². The number of rotatable bonds is 2. The zero-order chi connectivity index (χ0) is 11.7. The molecule has 0 aliphatic carbocycles. The van der Waals surface area contributed by atoms with Gasteiger partial charge in [-0.05, 0) is 6.07 Å². The Kier molecular flexibility index (Phi) is 2.47. The summed E-state index contributed by atoms with van der Waals surface area (Å²) in [4.78, 5) is 33.4. The van der Waals surface area contributed by atoms with E-state index in [1.165, 1.54) is 10.6 Å². The van der Waals surface area contributed by atoms with E-state index in [2.05, 4.69) is 10.6 Å². The topological polar surface area (TPSA) is 80.2 Å². The third-order valence-corrected chi connectivity index (χ3v) is 2.40. The molecule has 1 aromatic rings. The fraction of sp³-hybridized carbons (Fsp3) is 0.300. The van der Waals surface area contributed by atoms with E-state index < -0.39 is 6.04 Å². The summed E-state index contributed by atoms with van der Waals surface area (Å²) >= 11 is 0. The normalized spacial score (nSPS) is 19.7. The maximum atomic E-state index is 11.3. The van der Waals surface area contributed by atoms with E-state index in [0.717, 1.165) is 0 Å². The fourth-order valence-corrected chi connectivity index (χ4v) is 1.55. The molecule has 6 nitrogen and oxygen atoms in total. The Morgan fingerprint density at radius 1 is 1.38 bits per heavy atom. The van der Waals surface area contributed by atoms with Gasteiger partial charge in [-0.3, -0.25) is 19.7 Å². The van der Waals surface area contributed by atoms with Crippen LogP contribution in [0.4, 0.5) is 5.69 Å². The summed E-state index contributed by atoms with van der Waals surface area (Å²) in [6, 6.07) is 2.43. The Balaban J connectivity index is 2.15. The summed E-state index contributed by atoms with van der Waals surface area (Å²) in [5, 5.41) is 5.10. The first-order valence-electron chi connectivity index (χ1n) is 4.83. The van der Waals surface area contributed by atoms with E-state index in [4.69, 9.17) is 0 Å². The first kappa shape index (κ1) is 10.4. The number of imide groups is 1. The van der Waals surface area contributed by atoms with Gasteiger partial charge in [0.25, 0.3) is 0 Å². The summed E-state index contributed by atoms with van der Waals surface area (Å²) in [7, 11) is 1.62. The Morgan fingerprint density at radius 3 is 2.69 bits per heavy atom. The van der Waals surface area contributed by atoms with Crippen molar-refractivity contribution >= 4 is 17.5 Å². The van der Waals surface area contributed by atoms with Gasteiger partial charge in [0.05, 0.1) is 12.1 Å². The number of hydrogen-bond acceptors (Lipinski definition) is 4. The minimum atomic E-state index is -0.551. The maximum absolute atomic E-state index is 11.3. The number of pyridine rings is 1. The number of carbonyl (C=O) groups excluding carboxylic acids is 2. The Morgan fingerprint density at radius 2 is 2.12 bits per heavy atom. The van der Waals surface area contributed by atoms with E-state index in [1.807, 2.05) is 0 Å². The molecule has 0 bridgehead atoms. The predicted molar refractivity (Wildman–Crippen MR) is 56.9 cm³/mol. The van der Waals surface area contributed by atoms with Gasteiger partial charge in [-0.15, -0.1) is 0 Å². The molecule has 0 radical (unpaired) electrons. The average Bonchev–Trinajstić information content (AvgIpc) is 2.51. The van der Waals surface area contributed by atoms with E-state index >= 15 is 0 Å². The first-order chi connectivity index (χ1) is 7.56. The number of anilines is 1. The number of hydrogen-bond donors (Lipinski definition) is 2. The molecule has 1 unspecified atom stereocenters. The number of carbonyl (C=O) groups is 2. The molecule has 16 heavy (non-hydrogen) atoms. The van der Waals surface area contributed by atoms with Crippen molar-refractivity contribution < 1.29 is 9.59 Å².